The topological polar surface area (TPSA) is 97.1 Å². The van der Waals surface area contributed by atoms with Crippen LogP contribution in [0.25, 0.3) is 0 Å². The molecule has 0 aromatic heterocycles. The summed E-state index contributed by atoms with van der Waals surface area (Å²) < 4.78 is 21.1. The van der Waals surface area contributed by atoms with Gasteiger partial charge in [-0.05, 0) is 25.5 Å². The molecule has 0 aliphatic rings. The van der Waals surface area contributed by atoms with Gasteiger partial charge >= 0.3 is 5.97 Å². The van der Waals surface area contributed by atoms with Crippen molar-refractivity contribution in [3.63, 3.8) is 0 Å². The standard InChI is InChI=1S/C19H21NO7/c1-4-25-18-11-14(15(20(22)23)12-17(18)24-3)19(21)27-10-9-26-16-8-6-5-7-13(16)2/h5-8,11-12H,4,9-10H2,1-3H3. The first kappa shape index (κ1) is 20.0. The zero-order chi connectivity index (χ0) is 19.8. The Kier molecular flexibility index (Phi) is 6.99. The Morgan fingerprint density at radius 1 is 1.07 bits per heavy atom. The molecule has 0 bridgehead atoms. The van der Waals surface area contributed by atoms with E-state index >= 15 is 0 Å². The van der Waals surface area contributed by atoms with E-state index < -0.39 is 16.6 Å². The lowest BCUT2D eigenvalue weighted by Crippen LogP contribution is -2.14. The zero-order valence-corrected chi connectivity index (χ0v) is 15.4. The van der Waals surface area contributed by atoms with E-state index in [1.807, 2.05) is 25.1 Å². The van der Waals surface area contributed by atoms with Crippen LogP contribution < -0.4 is 14.2 Å². The lowest BCUT2D eigenvalue weighted by Gasteiger charge is -2.12. The van der Waals surface area contributed by atoms with Gasteiger partial charge in [-0.15, -0.1) is 0 Å². The van der Waals surface area contributed by atoms with Gasteiger partial charge in [-0.25, -0.2) is 4.79 Å². The number of nitro groups is 1. The summed E-state index contributed by atoms with van der Waals surface area (Å²) >= 11 is 0. The Labute approximate surface area is 156 Å². The fraction of sp³-hybridized carbons (Fsp3) is 0.316. The van der Waals surface area contributed by atoms with Crippen LogP contribution in [-0.2, 0) is 4.74 Å². The number of nitrogens with zero attached hydrogens (tertiary/aromatic N) is 1. The van der Waals surface area contributed by atoms with Gasteiger partial charge in [-0.1, -0.05) is 18.2 Å². The number of hydrogen-bond acceptors (Lipinski definition) is 7. The summed E-state index contributed by atoms with van der Waals surface area (Å²) in [6, 6.07) is 9.83. The van der Waals surface area contributed by atoms with Crippen molar-refractivity contribution in [1.29, 1.82) is 0 Å². The SMILES string of the molecule is CCOc1cc(C(=O)OCCOc2ccccc2C)c([N+](=O)[O-])cc1OC. The van der Waals surface area contributed by atoms with Crippen molar-refractivity contribution in [2.75, 3.05) is 26.9 Å². The quantitative estimate of drug-likeness (QED) is 0.286. The van der Waals surface area contributed by atoms with E-state index in [1.54, 1.807) is 13.0 Å². The summed E-state index contributed by atoms with van der Waals surface area (Å²) in [4.78, 5) is 23.0. The molecule has 2 aromatic rings. The van der Waals surface area contributed by atoms with Crippen molar-refractivity contribution in [1.82, 2.24) is 0 Å². The van der Waals surface area contributed by atoms with Gasteiger partial charge in [-0.3, -0.25) is 10.1 Å². The summed E-state index contributed by atoms with van der Waals surface area (Å²) in [6.07, 6.45) is 0. The van der Waals surface area contributed by atoms with Gasteiger partial charge in [0.25, 0.3) is 5.69 Å². The van der Waals surface area contributed by atoms with Crippen LogP contribution in [-0.4, -0.2) is 37.8 Å². The second-order valence-electron chi connectivity index (χ2n) is 5.46. The molecule has 0 atom stereocenters. The Balaban J connectivity index is 2.08. The molecule has 2 aromatic carbocycles. The number of ether oxygens (including phenoxy) is 4. The number of carbonyl (C=O) groups excluding carboxylic acids is 1. The van der Waals surface area contributed by atoms with E-state index in [4.69, 9.17) is 18.9 Å². The predicted molar refractivity (Wildman–Crippen MR) is 97.8 cm³/mol. The number of benzene rings is 2. The first-order valence-electron chi connectivity index (χ1n) is 8.32. The van der Waals surface area contributed by atoms with E-state index in [9.17, 15) is 14.9 Å². The maximum absolute atomic E-state index is 12.3. The summed E-state index contributed by atoms with van der Waals surface area (Å²) in [6.45, 7) is 4.03. The maximum Gasteiger partial charge on any atom is 0.345 e. The summed E-state index contributed by atoms with van der Waals surface area (Å²) in [5.74, 6) is 0.248. The molecule has 0 unspecified atom stereocenters. The number of carbonyl (C=O) groups is 1. The second-order valence-corrected chi connectivity index (χ2v) is 5.46. The molecule has 0 N–H and O–H groups in total. The van der Waals surface area contributed by atoms with Gasteiger partial charge in [0, 0.05) is 6.07 Å². The minimum Gasteiger partial charge on any atom is -0.493 e. The third-order valence-electron chi connectivity index (χ3n) is 3.67. The van der Waals surface area contributed by atoms with Crippen LogP contribution >= 0.6 is 0 Å². The molecule has 2 rings (SSSR count). The van der Waals surface area contributed by atoms with Crippen molar-refractivity contribution >= 4 is 11.7 Å². The monoisotopic (exact) mass is 375 g/mol. The predicted octanol–water partition coefficient (Wildman–Crippen LogP) is 3.55. The number of para-hydroxylation sites is 1. The molecule has 0 spiro atoms. The summed E-state index contributed by atoms with van der Waals surface area (Å²) in [5.41, 5.74) is 0.330. The molecule has 0 heterocycles. The number of esters is 1. The van der Waals surface area contributed by atoms with Gasteiger partial charge in [0.15, 0.2) is 11.5 Å². The molecule has 0 saturated carbocycles. The van der Waals surface area contributed by atoms with Crippen molar-refractivity contribution in [3.8, 4) is 17.2 Å². The first-order valence-corrected chi connectivity index (χ1v) is 8.32. The van der Waals surface area contributed by atoms with Gasteiger partial charge < -0.3 is 18.9 Å². The first-order chi connectivity index (χ1) is 13.0. The van der Waals surface area contributed by atoms with Crippen molar-refractivity contribution in [2.24, 2.45) is 0 Å². The molecule has 144 valence electrons. The van der Waals surface area contributed by atoms with Crippen molar-refractivity contribution in [3.05, 3.63) is 57.6 Å². The van der Waals surface area contributed by atoms with Crippen LogP contribution in [0.4, 0.5) is 5.69 Å². The van der Waals surface area contributed by atoms with Crippen LogP contribution in [0.1, 0.15) is 22.8 Å². The zero-order valence-electron chi connectivity index (χ0n) is 15.4. The lowest BCUT2D eigenvalue weighted by molar-refractivity contribution is -0.385. The highest BCUT2D eigenvalue weighted by Crippen LogP contribution is 2.35. The molecule has 0 aliphatic heterocycles. The largest absolute Gasteiger partial charge is 0.493 e. The van der Waals surface area contributed by atoms with Crippen LogP contribution in [0.15, 0.2) is 36.4 Å². The minimum atomic E-state index is -0.835. The van der Waals surface area contributed by atoms with Gasteiger partial charge in [0.2, 0.25) is 0 Å². The highest BCUT2D eigenvalue weighted by Gasteiger charge is 2.25. The summed E-state index contributed by atoms with van der Waals surface area (Å²) in [5, 5.41) is 11.3. The fourth-order valence-corrected chi connectivity index (χ4v) is 2.37. The Morgan fingerprint density at radius 2 is 1.81 bits per heavy atom. The normalized spacial score (nSPS) is 10.2. The third kappa shape index (κ3) is 5.10. The second kappa shape index (κ2) is 9.42. The van der Waals surface area contributed by atoms with E-state index in [2.05, 4.69) is 0 Å². The molecule has 0 saturated heterocycles. The smallest absolute Gasteiger partial charge is 0.345 e. The average molecular weight is 375 g/mol. The molecular formula is C19H21NO7. The van der Waals surface area contributed by atoms with Crippen molar-refractivity contribution < 1.29 is 28.7 Å². The number of methoxy groups -OCH3 is 1. The van der Waals surface area contributed by atoms with E-state index in [-0.39, 0.29) is 30.3 Å². The van der Waals surface area contributed by atoms with Gasteiger partial charge in [0.05, 0.1) is 24.7 Å². The maximum atomic E-state index is 12.3. The molecular weight excluding hydrogens is 354 g/mol. The Bertz CT molecular complexity index is 820. The molecule has 0 fully saturated rings. The number of rotatable bonds is 9. The highest BCUT2D eigenvalue weighted by molar-refractivity contribution is 5.95. The average Bonchev–Trinajstić information content (AvgIpc) is 2.66. The summed E-state index contributed by atoms with van der Waals surface area (Å²) in [7, 11) is 1.36. The van der Waals surface area contributed by atoms with Crippen LogP contribution in [0, 0.1) is 17.0 Å². The molecule has 0 radical (unpaired) electrons. The van der Waals surface area contributed by atoms with Gasteiger partial charge in [0.1, 0.15) is 24.5 Å². The number of hydrogen-bond donors (Lipinski definition) is 0. The Hall–Kier alpha value is -3.29. The van der Waals surface area contributed by atoms with E-state index in [1.165, 1.54) is 13.2 Å². The molecule has 0 amide bonds. The number of nitro benzene ring substituents is 1. The van der Waals surface area contributed by atoms with Crippen molar-refractivity contribution in [2.45, 2.75) is 13.8 Å². The molecule has 27 heavy (non-hydrogen) atoms. The van der Waals surface area contributed by atoms with Gasteiger partial charge in [-0.2, -0.15) is 0 Å². The van der Waals surface area contributed by atoms with E-state index in [0.717, 1.165) is 11.6 Å². The third-order valence-corrected chi connectivity index (χ3v) is 3.67. The van der Waals surface area contributed by atoms with Crippen LogP contribution in [0.3, 0.4) is 0 Å². The molecule has 8 heteroatoms. The van der Waals surface area contributed by atoms with Crippen LogP contribution in [0.5, 0.6) is 17.2 Å². The lowest BCUT2D eigenvalue weighted by atomic mass is 10.1. The molecule has 0 aliphatic carbocycles. The minimum absolute atomic E-state index is 0.0552. The highest BCUT2D eigenvalue weighted by atomic mass is 16.6. The molecule has 8 nitrogen and oxygen atoms in total. The fourth-order valence-electron chi connectivity index (χ4n) is 2.37. The Morgan fingerprint density at radius 3 is 2.44 bits per heavy atom. The van der Waals surface area contributed by atoms with E-state index in [0.29, 0.717) is 12.4 Å². The number of aryl methyl sites for hydroxylation is 1. The van der Waals surface area contributed by atoms with Crippen LogP contribution in [0.2, 0.25) is 0 Å².